The smallest absolute Gasteiger partial charge is 0.224 e. The lowest BCUT2D eigenvalue weighted by molar-refractivity contribution is -0.116. The molecule has 7 heteroatoms. The van der Waals surface area contributed by atoms with Crippen molar-refractivity contribution in [3.63, 3.8) is 0 Å². The number of ether oxygens (including phenoxy) is 3. The van der Waals surface area contributed by atoms with Crippen LogP contribution < -0.4 is 19.5 Å². The Labute approximate surface area is 145 Å². The molecule has 0 unspecified atom stereocenters. The fourth-order valence-electron chi connectivity index (χ4n) is 2.40. The van der Waals surface area contributed by atoms with Crippen LogP contribution in [0.4, 0.5) is 11.4 Å². The van der Waals surface area contributed by atoms with Gasteiger partial charge in [0.05, 0.1) is 21.3 Å². The van der Waals surface area contributed by atoms with Crippen LogP contribution in [0, 0.1) is 4.91 Å². The Morgan fingerprint density at radius 3 is 2.28 bits per heavy atom. The molecule has 2 aromatic rings. The second-order valence-corrected chi connectivity index (χ2v) is 5.22. The van der Waals surface area contributed by atoms with Gasteiger partial charge in [-0.1, -0.05) is 6.07 Å². The van der Waals surface area contributed by atoms with Crippen molar-refractivity contribution in [1.82, 2.24) is 0 Å². The highest BCUT2D eigenvalue weighted by atomic mass is 16.5. The average Bonchev–Trinajstić information content (AvgIpc) is 2.65. The molecule has 0 atom stereocenters. The summed E-state index contributed by atoms with van der Waals surface area (Å²) in [5, 5.41) is 5.59. The molecule has 2 rings (SSSR count). The van der Waals surface area contributed by atoms with Gasteiger partial charge in [0.1, 0.15) is 5.69 Å². The maximum absolute atomic E-state index is 12.1. The molecule has 0 radical (unpaired) electrons. The van der Waals surface area contributed by atoms with Gasteiger partial charge in [-0.25, -0.2) is 0 Å². The molecular weight excluding hydrogens is 324 g/mol. The quantitative estimate of drug-likeness (QED) is 0.738. The largest absolute Gasteiger partial charge is 0.493 e. The SMILES string of the molecule is COc1cc(CCC(=O)Nc2cccc(N=O)c2)cc(OC)c1OC. The van der Waals surface area contributed by atoms with Crippen molar-refractivity contribution in [2.24, 2.45) is 5.18 Å². The molecule has 0 saturated heterocycles. The summed E-state index contributed by atoms with van der Waals surface area (Å²) < 4.78 is 15.9. The fraction of sp³-hybridized carbons (Fsp3) is 0.278. The number of aryl methyl sites for hydroxylation is 1. The highest BCUT2D eigenvalue weighted by molar-refractivity contribution is 5.91. The number of benzene rings is 2. The van der Waals surface area contributed by atoms with Gasteiger partial charge in [0.2, 0.25) is 11.7 Å². The molecule has 0 bridgehead atoms. The minimum atomic E-state index is -0.170. The van der Waals surface area contributed by atoms with E-state index in [1.165, 1.54) is 13.2 Å². The van der Waals surface area contributed by atoms with Crippen molar-refractivity contribution in [3.05, 3.63) is 46.9 Å². The molecule has 7 nitrogen and oxygen atoms in total. The van der Waals surface area contributed by atoms with E-state index in [-0.39, 0.29) is 18.0 Å². The minimum absolute atomic E-state index is 0.170. The zero-order valence-electron chi connectivity index (χ0n) is 14.4. The lowest BCUT2D eigenvalue weighted by atomic mass is 10.1. The Kier molecular flexibility index (Phi) is 6.33. The first-order valence-corrected chi connectivity index (χ1v) is 7.63. The zero-order valence-corrected chi connectivity index (χ0v) is 14.4. The van der Waals surface area contributed by atoms with E-state index in [1.807, 2.05) is 12.1 Å². The van der Waals surface area contributed by atoms with Gasteiger partial charge in [-0.2, -0.15) is 0 Å². The summed E-state index contributed by atoms with van der Waals surface area (Å²) in [4.78, 5) is 22.6. The molecule has 0 aromatic heterocycles. The third kappa shape index (κ3) is 4.69. The van der Waals surface area contributed by atoms with Crippen LogP contribution in [0.25, 0.3) is 0 Å². The number of carbonyl (C=O) groups is 1. The Morgan fingerprint density at radius 2 is 1.72 bits per heavy atom. The number of carbonyl (C=O) groups excluding carboxylic acids is 1. The van der Waals surface area contributed by atoms with Crippen LogP contribution in [0.5, 0.6) is 17.2 Å². The van der Waals surface area contributed by atoms with Gasteiger partial charge < -0.3 is 19.5 Å². The second kappa shape index (κ2) is 8.68. The summed E-state index contributed by atoms with van der Waals surface area (Å²) in [6.45, 7) is 0. The van der Waals surface area contributed by atoms with Gasteiger partial charge in [0, 0.05) is 12.1 Å². The zero-order chi connectivity index (χ0) is 18.2. The number of anilines is 1. The van der Waals surface area contributed by atoms with Crippen molar-refractivity contribution in [3.8, 4) is 17.2 Å². The van der Waals surface area contributed by atoms with E-state index in [2.05, 4.69) is 10.5 Å². The van der Waals surface area contributed by atoms with Gasteiger partial charge in [-0.15, -0.1) is 4.91 Å². The molecular formula is C18H20N2O5. The standard InChI is InChI=1S/C18H20N2O5/c1-23-15-9-12(10-16(24-2)18(15)25-3)7-8-17(21)19-13-5-4-6-14(11-13)20-22/h4-6,9-11H,7-8H2,1-3H3,(H,19,21). The predicted octanol–water partition coefficient (Wildman–Crippen LogP) is 3.68. The molecule has 0 fully saturated rings. The van der Waals surface area contributed by atoms with E-state index in [9.17, 15) is 9.70 Å². The fourth-order valence-corrected chi connectivity index (χ4v) is 2.40. The molecule has 0 saturated carbocycles. The predicted molar refractivity (Wildman–Crippen MR) is 94.9 cm³/mol. The summed E-state index contributed by atoms with van der Waals surface area (Å²) in [6, 6.07) is 10.1. The van der Waals surface area contributed by atoms with Crippen LogP contribution in [0.15, 0.2) is 41.6 Å². The molecule has 0 aliphatic rings. The molecule has 25 heavy (non-hydrogen) atoms. The number of nitrogens with zero attached hydrogens (tertiary/aromatic N) is 1. The highest BCUT2D eigenvalue weighted by Gasteiger charge is 2.14. The number of rotatable bonds is 8. The molecule has 0 spiro atoms. The lowest BCUT2D eigenvalue weighted by Gasteiger charge is -2.14. The van der Waals surface area contributed by atoms with Crippen molar-refractivity contribution in [1.29, 1.82) is 0 Å². The van der Waals surface area contributed by atoms with Crippen LogP contribution in [0.1, 0.15) is 12.0 Å². The minimum Gasteiger partial charge on any atom is -0.493 e. The number of nitrogens with one attached hydrogen (secondary N) is 1. The second-order valence-electron chi connectivity index (χ2n) is 5.22. The monoisotopic (exact) mass is 344 g/mol. The van der Waals surface area contributed by atoms with Crippen LogP contribution in [0.3, 0.4) is 0 Å². The molecule has 1 N–H and O–H groups in total. The summed E-state index contributed by atoms with van der Waals surface area (Å²) in [7, 11) is 4.62. The molecule has 1 amide bonds. The molecule has 132 valence electrons. The van der Waals surface area contributed by atoms with E-state index in [4.69, 9.17) is 14.2 Å². The number of nitroso groups, excluding NO2 is 1. The number of hydrogen-bond donors (Lipinski definition) is 1. The summed E-state index contributed by atoms with van der Waals surface area (Å²) in [5.74, 6) is 1.43. The molecule has 0 aliphatic carbocycles. The van der Waals surface area contributed by atoms with Gasteiger partial charge in [-0.05, 0) is 47.5 Å². The normalized spacial score (nSPS) is 10.0. The van der Waals surface area contributed by atoms with Gasteiger partial charge in [0.15, 0.2) is 11.5 Å². The van der Waals surface area contributed by atoms with E-state index >= 15 is 0 Å². The van der Waals surface area contributed by atoms with E-state index in [0.29, 0.717) is 29.4 Å². The van der Waals surface area contributed by atoms with E-state index < -0.39 is 0 Å². The average molecular weight is 344 g/mol. The topological polar surface area (TPSA) is 86.2 Å². The molecule has 2 aromatic carbocycles. The maximum atomic E-state index is 12.1. The van der Waals surface area contributed by atoms with E-state index in [1.54, 1.807) is 32.4 Å². The van der Waals surface area contributed by atoms with Crippen LogP contribution >= 0.6 is 0 Å². The van der Waals surface area contributed by atoms with Crippen molar-refractivity contribution >= 4 is 17.3 Å². The first kappa shape index (κ1) is 18.3. The first-order valence-electron chi connectivity index (χ1n) is 7.63. The maximum Gasteiger partial charge on any atom is 0.224 e. The Balaban J connectivity index is 2.04. The third-order valence-electron chi connectivity index (χ3n) is 3.60. The summed E-state index contributed by atoms with van der Waals surface area (Å²) >= 11 is 0. The number of amides is 1. The van der Waals surface area contributed by atoms with E-state index in [0.717, 1.165) is 5.56 Å². The van der Waals surface area contributed by atoms with Crippen LogP contribution in [0.2, 0.25) is 0 Å². The van der Waals surface area contributed by atoms with Crippen LogP contribution in [-0.2, 0) is 11.2 Å². The lowest BCUT2D eigenvalue weighted by Crippen LogP contribution is -2.12. The highest BCUT2D eigenvalue weighted by Crippen LogP contribution is 2.38. The van der Waals surface area contributed by atoms with Crippen LogP contribution in [-0.4, -0.2) is 27.2 Å². The molecule has 0 heterocycles. The number of hydrogen-bond acceptors (Lipinski definition) is 6. The van der Waals surface area contributed by atoms with Gasteiger partial charge >= 0.3 is 0 Å². The third-order valence-corrected chi connectivity index (χ3v) is 3.60. The first-order chi connectivity index (χ1) is 12.1. The van der Waals surface area contributed by atoms with Crippen molar-refractivity contribution < 1.29 is 19.0 Å². The van der Waals surface area contributed by atoms with Gasteiger partial charge in [0.25, 0.3) is 0 Å². The van der Waals surface area contributed by atoms with Crippen molar-refractivity contribution in [2.75, 3.05) is 26.6 Å². The Hall–Kier alpha value is -3.09. The summed E-state index contributed by atoms with van der Waals surface area (Å²) in [6.07, 6.45) is 0.756. The molecule has 0 aliphatic heterocycles. The van der Waals surface area contributed by atoms with Crippen molar-refractivity contribution in [2.45, 2.75) is 12.8 Å². The van der Waals surface area contributed by atoms with Gasteiger partial charge in [-0.3, -0.25) is 4.79 Å². The Morgan fingerprint density at radius 1 is 1.04 bits per heavy atom. The number of methoxy groups -OCH3 is 3. The summed E-state index contributed by atoms with van der Waals surface area (Å²) in [5.41, 5.74) is 1.68. The Bertz CT molecular complexity index is 736.